The molecule has 0 saturated heterocycles. The summed E-state index contributed by atoms with van der Waals surface area (Å²) in [5, 5.41) is 3.43. The SMILES string of the molecule is Cc1ccccc1Sc1ccc(F)cc1CNC(C)(C)C. The summed E-state index contributed by atoms with van der Waals surface area (Å²) in [5.74, 6) is -0.185. The van der Waals surface area contributed by atoms with E-state index >= 15 is 0 Å². The van der Waals surface area contributed by atoms with E-state index in [2.05, 4.69) is 45.1 Å². The van der Waals surface area contributed by atoms with Crippen LogP contribution in [-0.2, 0) is 6.54 Å². The fourth-order valence-corrected chi connectivity index (χ4v) is 2.95. The van der Waals surface area contributed by atoms with Gasteiger partial charge in [0.05, 0.1) is 0 Å². The Morgan fingerprint density at radius 1 is 1.05 bits per heavy atom. The molecule has 2 aromatic rings. The quantitative estimate of drug-likeness (QED) is 0.836. The molecule has 1 nitrogen and oxygen atoms in total. The summed E-state index contributed by atoms with van der Waals surface area (Å²) in [6.07, 6.45) is 0. The second-order valence-corrected chi connectivity index (χ2v) is 7.31. The summed E-state index contributed by atoms with van der Waals surface area (Å²) in [6, 6.07) is 13.3. The van der Waals surface area contributed by atoms with E-state index in [0.29, 0.717) is 6.54 Å². The Labute approximate surface area is 131 Å². The molecule has 0 spiro atoms. The molecule has 0 radical (unpaired) electrons. The summed E-state index contributed by atoms with van der Waals surface area (Å²) in [4.78, 5) is 2.31. The third kappa shape index (κ3) is 4.87. The molecule has 0 aliphatic heterocycles. The second-order valence-electron chi connectivity index (χ2n) is 6.22. The maximum atomic E-state index is 13.5. The van der Waals surface area contributed by atoms with Crippen molar-refractivity contribution in [2.75, 3.05) is 0 Å². The highest BCUT2D eigenvalue weighted by molar-refractivity contribution is 7.99. The van der Waals surface area contributed by atoms with E-state index in [1.54, 1.807) is 17.8 Å². The van der Waals surface area contributed by atoms with E-state index in [-0.39, 0.29) is 11.4 Å². The molecule has 0 saturated carbocycles. The minimum absolute atomic E-state index is 0.0108. The van der Waals surface area contributed by atoms with E-state index < -0.39 is 0 Å². The van der Waals surface area contributed by atoms with Gasteiger partial charge >= 0.3 is 0 Å². The Hall–Kier alpha value is -1.32. The predicted molar refractivity (Wildman–Crippen MR) is 88.3 cm³/mol. The molecule has 0 aliphatic rings. The lowest BCUT2D eigenvalue weighted by molar-refractivity contribution is 0.422. The van der Waals surface area contributed by atoms with Crippen LogP contribution in [0.4, 0.5) is 4.39 Å². The first-order valence-electron chi connectivity index (χ1n) is 7.12. The standard InChI is InChI=1S/C18H22FNS/c1-13-7-5-6-8-16(13)21-17-10-9-15(19)11-14(17)12-20-18(2,3)4/h5-11,20H,12H2,1-4H3. The molecule has 0 aliphatic carbocycles. The van der Waals surface area contributed by atoms with Crippen LogP contribution >= 0.6 is 11.8 Å². The first-order valence-corrected chi connectivity index (χ1v) is 7.94. The van der Waals surface area contributed by atoms with Gasteiger partial charge in [0.15, 0.2) is 0 Å². The Balaban J connectivity index is 2.25. The molecule has 0 fully saturated rings. The summed E-state index contributed by atoms with van der Waals surface area (Å²) < 4.78 is 13.5. The number of benzene rings is 2. The van der Waals surface area contributed by atoms with E-state index in [4.69, 9.17) is 0 Å². The number of hydrogen-bond donors (Lipinski definition) is 1. The lowest BCUT2D eigenvalue weighted by Crippen LogP contribution is -2.35. The van der Waals surface area contributed by atoms with Gasteiger partial charge in [0.2, 0.25) is 0 Å². The molecule has 112 valence electrons. The molecule has 0 heterocycles. The van der Waals surface area contributed by atoms with Crippen LogP contribution in [0.5, 0.6) is 0 Å². The van der Waals surface area contributed by atoms with Gasteiger partial charge in [-0.2, -0.15) is 0 Å². The van der Waals surface area contributed by atoms with Crippen LogP contribution in [0.1, 0.15) is 31.9 Å². The van der Waals surface area contributed by atoms with Crippen LogP contribution in [0, 0.1) is 12.7 Å². The van der Waals surface area contributed by atoms with Crippen LogP contribution in [0.25, 0.3) is 0 Å². The lowest BCUT2D eigenvalue weighted by Gasteiger charge is -2.21. The minimum atomic E-state index is -0.185. The summed E-state index contributed by atoms with van der Waals surface area (Å²) in [7, 11) is 0. The molecule has 21 heavy (non-hydrogen) atoms. The predicted octanol–water partition coefficient (Wildman–Crippen LogP) is 5.17. The zero-order chi connectivity index (χ0) is 15.5. The van der Waals surface area contributed by atoms with Crippen LogP contribution in [0.2, 0.25) is 0 Å². The molecule has 2 aromatic carbocycles. The normalized spacial score (nSPS) is 11.7. The van der Waals surface area contributed by atoms with Crippen LogP contribution in [0.15, 0.2) is 52.3 Å². The zero-order valence-corrected chi connectivity index (χ0v) is 13.9. The smallest absolute Gasteiger partial charge is 0.123 e. The molecule has 2 rings (SSSR count). The Kier molecular flexibility index (Phi) is 5.07. The number of nitrogens with one attached hydrogen (secondary N) is 1. The van der Waals surface area contributed by atoms with E-state index in [1.807, 2.05) is 18.2 Å². The molecule has 3 heteroatoms. The Bertz CT molecular complexity index is 617. The Morgan fingerprint density at radius 2 is 1.76 bits per heavy atom. The van der Waals surface area contributed by atoms with Crippen LogP contribution in [-0.4, -0.2) is 5.54 Å². The van der Waals surface area contributed by atoms with Gasteiger partial charge < -0.3 is 5.32 Å². The molecule has 0 atom stereocenters. The highest BCUT2D eigenvalue weighted by Crippen LogP contribution is 2.33. The molecule has 0 bridgehead atoms. The third-order valence-electron chi connectivity index (χ3n) is 3.15. The molecular weight excluding hydrogens is 281 g/mol. The average Bonchev–Trinajstić information content (AvgIpc) is 2.40. The van der Waals surface area contributed by atoms with Gasteiger partial charge in [0.1, 0.15) is 5.82 Å². The van der Waals surface area contributed by atoms with Gasteiger partial charge in [0.25, 0.3) is 0 Å². The van der Waals surface area contributed by atoms with Crippen molar-refractivity contribution in [3.05, 3.63) is 59.4 Å². The molecular formula is C18H22FNS. The molecule has 0 amide bonds. The second kappa shape index (κ2) is 6.63. The maximum absolute atomic E-state index is 13.5. The number of halogens is 1. The topological polar surface area (TPSA) is 12.0 Å². The summed E-state index contributed by atoms with van der Waals surface area (Å²) in [5.41, 5.74) is 2.25. The van der Waals surface area contributed by atoms with Gasteiger partial charge in [-0.3, -0.25) is 0 Å². The number of aryl methyl sites for hydroxylation is 1. The van der Waals surface area contributed by atoms with Crippen molar-refractivity contribution in [1.82, 2.24) is 5.32 Å². The Morgan fingerprint density at radius 3 is 2.43 bits per heavy atom. The molecule has 0 aromatic heterocycles. The minimum Gasteiger partial charge on any atom is -0.308 e. The number of rotatable bonds is 4. The molecule has 1 N–H and O–H groups in total. The van der Waals surface area contributed by atoms with Crippen molar-refractivity contribution < 1.29 is 4.39 Å². The lowest BCUT2D eigenvalue weighted by atomic mass is 10.1. The van der Waals surface area contributed by atoms with Gasteiger partial charge in [-0.05, 0) is 63.1 Å². The van der Waals surface area contributed by atoms with Crippen molar-refractivity contribution in [2.24, 2.45) is 0 Å². The number of hydrogen-bond acceptors (Lipinski definition) is 2. The average molecular weight is 303 g/mol. The van der Waals surface area contributed by atoms with Gasteiger partial charge in [-0.15, -0.1) is 0 Å². The fourth-order valence-electron chi connectivity index (χ4n) is 1.94. The summed E-state index contributed by atoms with van der Waals surface area (Å²) in [6.45, 7) is 9.09. The van der Waals surface area contributed by atoms with Crippen molar-refractivity contribution in [3.63, 3.8) is 0 Å². The monoisotopic (exact) mass is 303 g/mol. The first kappa shape index (κ1) is 16.1. The molecule has 0 unspecified atom stereocenters. The summed E-state index contributed by atoms with van der Waals surface area (Å²) >= 11 is 1.69. The zero-order valence-electron chi connectivity index (χ0n) is 13.0. The van der Waals surface area contributed by atoms with Gasteiger partial charge in [-0.1, -0.05) is 30.0 Å². The first-order chi connectivity index (χ1) is 9.85. The van der Waals surface area contributed by atoms with Crippen molar-refractivity contribution in [2.45, 2.75) is 49.6 Å². The highest BCUT2D eigenvalue weighted by atomic mass is 32.2. The van der Waals surface area contributed by atoms with Crippen molar-refractivity contribution >= 4 is 11.8 Å². The van der Waals surface area contributed by atoms with E-state index in [0.717, 1.165) is 10.5 Å². The van der Waals surface area contributed by atoms with Crippen LogP contribution in [0.3, 0.4) is 0 Å². The van der Waals surface area contributed by atoms with Crippen LogP contribution < -0.4 is 5.32 Å². The van der Waals surface area contributed by atoms with E-state index in [1.165, 1.54) is 16.5 Å². The van der Waals surface area contributed by atoms with Crippen molar-refractivity contribution in [3.8, 4) is 0 Å². The largest absolute Gasteiger partial charge is 0.308 e. The van der Waals surface area contributed by atoms with E-state index in [9.17, 15) is 4.39 Å². The maximum Gasteiger partial charge on any atom is 0.123 e. The third-order valence-corrected chi connectivity index (χ3v) is 4.44. The van der Waals surface area contributed by atoms with Gasteiger partial charge in [-0.25, -0.2) is 4.39 Å². The fraction of sp³-hybridized carbons (Fsp3) is 0.333. The van der Waals surface area contributed by atoms with Crippen molar-refractivity contribution in [1.29, 1.82) is 0 Å². The highest BCUT2D eigenvalue weighted by Gasteiger charge is 2.12. The van der Waals surface area contributed by atoms with Gasteiger partial charge in [0, 0.05) is 21.9 Å².